The first kappa shape index (κ1) is 16.3. The second-order valence-corrected chi connectivity index (χ2v) is 5.96. The van der Waals surface area contributed by atoms with Crippen LogP contribution in [0, 0.1) is 0 Å². The minimum absolute atomic E-state index is 0.400. The Kier molecular flexibility index (Phi) is 6.52. The van der Waals surface area contributed by atoms with Crippen LogP contribution in [0.1, 0.15) is 51.1 Å². The molecule has 21 heavy (non-hydrogen) atoms. The molecule has 1 saturated heterocycles. The second-order valence-electron chi connectivity index (χ2n) is 5.96. The summed E-state index contributed by atoms with van der Waals surface area (Å²) in [6, 6.07) is 9.75. The van der Waals surface area contributed by atoms with Crippen LogP contribution in [0.2, 0.25) is 0 Å². The van der Waals surface area contributed by atoms with Gasteiger partial charge in [0.1, 0.15) is 5.75 Å². The van der Waals surface area contributed by atoms with Crippen molar-refractivity contribution in [2.45, 2.75) is 51.6 Å². The van der Waals surface area contributed by atoms with Gasteiger partial charge in [-0.15, -0.1) is 0 Å². The van der Waals surface area contributed by atoms with Crippen molar-refractivity contribution >= 4 is 0 Å². The third kappa shape index (κ3) is 4.45. The van der Waals surface area contributed by atoms with Crippen molar-refractivity contribution < 1.29 is 4.74 Å². The molecule has 2 rings (SSSR count). The Morgan fingerprint density at radius 2 is 2.05 bits per heavy atom. The van der Waals surface area contributed by atoms with Gasteiger partial charge in [0.25, 0.3) is 0 Å². The van der Waals surface area contributed by atoms with E-state index < -0.39 is 0 Å². The lowest BCUT2D eigenvalue weighted by molar-refractivity contribution is 0.224. The number of ether oxygens (including phenoxy) is 1. The largest absolute Gasteiger partial charge is 0.494 e. The second kappa shape index (κ2) is 8.40. The van der Waals surface area contributed by atoms with E-state index in [4.69, 9.17) is 4.74 Å². The van der Waals surface area contributed by atoms with Crippen molar-refractivity contribution in [2.75, 3.05) is 26.7 Å². The summed E-state index contributed by atoms with van der Waals surface area (Å²) in [5.41, 5.74) is 1.35. The molecule has 0 bridgehead atoms. The van der Waals surface area contributed by atoms with Crippen LogP contribution in [0.4, 0.5) is 0 Å². The summed E-state index contributed by atoms with van der Waals surface area (Å²) < 4.78 is 5.66. The van der Waals surface area contributed by atoms with Crippen LogP contribution in [-0.4, -0.2) is 37.7 Å². The molecule has 1 aromatic carbocycles. The normalized spacial score (nSPS) is 20.6. The van der Waals surface area contributed by atoms with Crippen molar-refractivity contribution in [1.82, 2.24) is 10.2 Å². The van der Waals surface area contributed by atoms with Gasteiger partial charge in [0.15, 0.2) is 0 Å². The first-order chi connectivity index (χ1) is 10.3. The van der Waals surface area contributed by atoms with Crippen LogP contribution in [-0.2, 0) is 0 Å². The minimum atomic E-state index is 0.400. The van der Waals surface area contributed by atoms with Gasteiger partial charge in [-0.05, 0) is 57.0 Å². The maximum absolute atomic E-state index is 5.66. The highest BCUT2D eigenvalue weighted by Crippen LogP contribution is 2.24. The van der Waals surface area contributed by atoms with Crippen LogP contribution in [0.3, 0.4) is 0 Å². The van der Waals surface area contributed by atoms with E-state index in [9.17, 15) is 0 Å². The van der Waals surface area contributed by atoms with E-state index in [0.29, 0.717) is 6.04 Å². The molecule has 1 fully saturated rings. The summed E-state index contributed by atoms with van der Waals surface area (Å²) in [5.74, 6) is 0.975. The van der Waals surface area contributed by atoms with E-state index in [1.165, 1.54) is 31.4 Å². The number of nitrogens with one attached hydrogen (secondary N) is 1. The first-order valence-electron chi connectivity index (χ1n) is 8.42. The standard InChI is InChI=1S/C18H30N2O/c1-4-13-21-17-10-8-15(9-11-17)18(19-3)14-20-12-6-7-16(20)5-2/h8-11,16,18-19H,4-7,12-14H2,1-3H3. The Morgan fingerprint density at radius 1 is 1.29 bits per heavy atom. The molecular formula is C18H30N2O. The molecule has 1 heterocycles. The zero-order valence-electron chi connectivity index (χ0n) is 13.8. The quantitative estimate of drug-likeness (QED) is 0.791. The molecule has 1 aromatic rings. The van der Waals surface area contributed by atoms with E-state index in [2.05, 4.69) is 55.4 Å². The Morgan fingerprint density at radius 3 is 2.67 bits per heavy atom. The highest BCUT2D eigenvalue weighted by molar-refractivity contribution is 5.29. The fraction of sp³-hybridized carbons (Fsp3) is 0.667. The van der Waals surface area contributed by atoms with Crippen LogP contribution < -0.4 is 10.1 Å². The van der Waals surface area contributed by atoms with Gasteiger partial charge in [0, 0.05) is 18.6 Å². The zero-order chi connectivity index (χ0) is 15.1. The van der Waals surface area contributed by atoms with Gasteiger partial charge in [0.05, 0.1) is 6.61 Å². The van der Waals surface area contributed by atoms with E-state index >= 15 is 0 Å². The molecule has 0 radical (unpaired) electrons. The van der Waals surface area contributed by atoms with Crippen molar-refractivity contribution in [3.8, 4) is 5.75 Å². The number of rotatable bonds is 8. The van der Waals surface area contributed by atoms with Crippen LogP contribution in [0.25, 0.3) is 0 Å². The van der Waals surface area contributed by atoms with Crippen LogP contribution in [0.5, 0.6) is 5.75 Å². The lowest BCUT2D eigenvalue weighted by Crippen LogP contribution is -2.36. The molecule has 1 aliphatic heterocycles. The number of hydrogen-bond donors (Lipinski definition) is 1. The Balaban J connectivity index is 1.96. The maximum Gasteiger partial charge on any atom is 0.119 e. The molecule has 1 N–H and O–H groups in total. The predicted octanol–water partition coefficient (Wildman–Crippen LogP) is 3.61. The van der Waals surface area contributed by atoms with Gasteiger partial charge in [-0.25, -0.2) is 0 Å². The lowest BCUT2D eigenvalue weighted by Gasteiger charge is -2.28. The Labute approximate surface area is 129 Å². The molecule has 2 atom stereocenters. The average molecular weight is 290 g/mol. The average Bonchev–Trinajstić information content (AvgIpc) is 2.98. The Hall–Kier alpha value is -1.06. The third-order valence-electron chi connectivity index (χ3n) is 4.49. The summed E-state index contributed by atoms with van der Waals surface area (Å²) in [6.07, 6.45) is 5.02. The van der Waals surface area contributed by atoms with Gasteiger partial charge in [-0.1, -0.05) is 26.0 Å². The number of benzene rings is 1. The van der Waals surface area contributed by atoms with Crippen LogP contribution in [0.15, 0.2) is 24.3 Å². The summed E-state index contributed by atoms with van der Waals surface area (Å²) in [4.78, 5) is 2.64. The molecule has 2 unspecified atom stereocenters. The van der Waals surface area contributed by atoms with E-state index in [1.54, 1.807) is 0 Å². The van der Waals surface area contributed by atoms with Gasteiger partial charge in [-0.2, -0.15) is 0 Å². The summed E-state index contributed by atoms with van der Waals surface area (Å²) in [7, 11) is 2.06. The van der Waals surface area contributed by atoms with Crippen LogP contribution >= 0.6 is 0 Å². The highest BCUT2D eigenvalue weighted by atomic mass is 16.5. The topological polar surface area (TPSA) is 24.5 Å². The van der Waals surface area contributed by atoms with Crippen molar-refractivity contribution in [1.29, 1.82) is 0 Å². The van der Waals surface area contributed by atoms with Gasteiger partial charge in [0.2, 0.25) is 0 Å². The smallest absolute Gasteiger partial charge is 0.119 e. The van der Waals surface area contributed by atoms with E-state index in [1.807, 2.05) is 0 Å². The van der Waals surface area contributed by atoms with Crippen molar-refractivity contribution in [3.63, 3.8) is 0 Å². The molecule has 0 aromatic heterocycles. The fourth-order valence-corrected chi connectivity index (χ4v) is 3.21. The number of likely N-dealkylation sites (N-methyl/N-ethyl adjacent to an activating group) is 1. The first-order valence-corrected chi connectivity index (χ1v) is 8.42. The summed E-state index contributed by atoms with van der Waals surface area (Å²) in [6.45, 7) is 7.57. The molecule has 0 amide bonds. The molecule has 0 saturated carbocycles. The number of likely N-dealkylation sites (tertiary alicyclic amines) is 1. The maximum atomic E-state index is 5.66. The predicted molar refractivity (Wildman–Crippen MR) is 88.9 cm³/mol. The molecule has 3 nitrogen and oxygen atoms in total. The van der Waals surface area contributed by atoms with E-state index in [-0.39, 0.29) is 0 Å². The highest BCUT2D eigenvalue weighted by Gasteiger charge is 2.25. The van der Waals surface area contributed by atoms with E-state index in [0.717, 1.165) is 31.4 Å². The van der Waals surface area contributed by atoms with Crippen molar-refractivity contribution in [3.05, 3.63) is 29.8 Å². The summed E-state index contributed by atoms with van der Waals surface area (Å²) >= 11 is 0. The fourth-order valence-electron chi connectivity index (χ4n) is 3.21. The molecule has 0 spiro atoms. The SMILES string of the molecule is CCCOc1ccc(C(CN2CCCC2CC)NC)cc1. The monoisotopic (exact) mass is 290 g/mol. The van der Waals surface area contributed by atoms with Gasteiger partial charge >= 0.3 is 0 Å². The number of nitrogens with zero attached hydrogens (tertiary/aromatic N) is 1. The molecular weight excluding hydrogens is 260 g/mol. The summed E-state index contributed by atoms with van der Waals surface area (Å²) in [5, 5.41) is 3.47. The molecule has 3 heteroatoms. The molecule has 0 aliphatic carbocycles. The minimum Gasteiger partial charge on any atom is -0.494 e. The van der Waals surface area contributed by atoms with Crippen molar-refractivity contribution in [2.24, 2.45) is 0 Å². The lowest BCUT2D eigenvalue weighted by atomic mass is 10.1. The molecule has 118 valence electrons. The zero-order valence-corrected chi connectivity index (χ0v) is 13.8. The number of hydrogen-bond acceptors (Lipinski definition) is 3. The Bertz CT molecular complexity index is 404. The van der Waals surface area contributed by atoms with Gasteiger partial charge < -0.3 is 10.1 Å². The molecule has 1 aliphatic rings. The van der Waals surface area contributed by atoms with Gasteiger partial charge in [-0.3, -0.25) is 4.90 Å². The third-order valence-corrected chi connectivity index (χ3v) is 4.49.